The first-order valence-corrected chi connectivity index (χ1v) is 7.46. The van der Waals surface area contributed by atoms with E-state index in [9.17, 15) is 4.79 Å². The van der Waals surface area contributed by atoms with Crippen molar-refractivity contribution in [3.63, 3.8) is 0 Å². The Morgan fingerprint density at radius 1 is 1.54 bits per heavy atom. The Morgan fingerprint density at radius 3 is 2.77 bits per heavy atom. The molecule has 1 fully saturated rings. The van der Waals surface area contributed by atoms with Gasteiger partial charge in [-0.05, 0) is 0 Å². The Morgan fingerprint density at radius 2 is 2.23 bits per heavy atom. The second-order valence-corrected chi connectivity index (χ2v) is 5.28. The molecule has 78 valence electrons. The van der Waals surface area contributed by atoms with Gasteiger partial charge in [0.1, 0.15) is 0 Å². The summed E-state index contributed by atoms with van der Waals surface area (Å²) < 4.78 is 11.7. The van der Waals surface area contributed by atoms with Gasteiger partial charge in [0.2, 0.25) is 0 Å². The molecule has 0 aliphatic heterocycles. The molecular formula is C9H17INO2-. The third-order valence-corrected chi connectivity index (χ3v) is 4.16. The van der Waals surface area contributed by atoms with Crippen molar-refractivity contribution < 1.29 is 31.0 Å². The first kappa shape index (κ1) is 11.2. The van der Waals surface area contributed by atoms with Gasteiger partial charge in [0.15, 0.2) is 0 Å². The van der Waals surface area contributed by atoms with Crippen LogP contribution in [0, 0.1) is 11.8 Å². The fraction of sp³-hybridized carbons (Fsp3) is 0.889. The minimum atomic E-state index is -0.0517. The summed E-state index contributed by atoms with van der Waals surface area (Å²) in [5.41, 5.74) is 0. The number of halogens is 1. The fourth-order valence-electron chi connectivity index (χ4n) is 1.75. The normalized spacial score (nSPS) is 26.9. The van der Waals surface area contributed by atoms with Crippen LogP contribution in [0.5, 0.6) is 0 Å². The summed E-state index contributed by atoms with van der Waals surface area (Å²) in [4.78, 5) is 11.1. The number of rotatable bonds is 5. The molecule has 0 heterocycles. The molecule has 0 unspecified atom stereocenters. The summed E-state index contributed by atoms with van der Waals surface area (Å²) in [6, 6.07) is 0. The molecule has 1 saturated carbocycles. The van der Waals surface area contributed by atoms with E-state index in [0.29, 0.717) is 18.9 Å². The summed E-state index contributed by atoms with van der Waals surface area (Å²) in [6.45, 7) is 2.35. The van der Waals surface area contributed by atoms with Gasteiger partial charge in [-0.2, -0.15) is 0 Å². The molecule has 0 aromatic rings. The molecule has 0 aromatic carbocycles. The van der Waals surface area contributed by atoms with Gasteiger partial charge in [-0.25, -0.2) is 0 Å². The Kier molecular flexibility index (Phi) is 5.01. The van der Waals surface area contributed by atoms with E-state index in [0.717, 1.165) is 5.92 Å². The van der Waals surface area contributed by atoms with Crippen molar-refractivity contribution in [2.24, 2.45) is 15.8 Å². The molecular weight excluding hydrogens is 281 g/mol. The molecule has 0 saturated heterocycles. The van der Waals surface area contributed by atoms with Crippen LogP contribution in [0.1, 0.15) is 26.2 Å². The minimum absolute atomic E-state index is 0.0339. The van der Waals surface area contributed by atoms with E-state index in [1.807, 2.05) is 6.92 Å². The van der Waals surface area contributed by atoms with E-state index < -0.39 is 0 Å². The van der Waals surface area contributed by atoms with Gasteiger partial charge in [-0.1, -0.05) is 0 Å². The van der Waals surface area contributed by atoms with E-state index in [1.54, 1.807) is 0 Å². The van der Waals surface area contributed by atoms with Crippen LogP contribution >= 0.6 is 0 Å². The van der Waals surface area contributed by atoms with Crippen LogP contribution in [0.4, 0.5) is 0 Å². The van der Waals surface area contributed by atoms with Gasteiger partial charge in [-0.3, -0.25) is 0 Å². The molecule has 0 amide bonds. The van der Waals surface area contributed by atoms with Gasteiger partial charge >= 0.3 is 90.0 Å². The standard InChI is InChI=1S/C9H17INO2/c1-2-13-9(12)5-7-3-8(4-7)6-10-11/h7-8H,2-6,11H2,1H3/q-1. The van der Waals surface area contributed by atoms with Crippen molar-refractivity contribution in [2.45, 2.75) is 26.2 Å². The van der Waals surface area contributed by atoms with Gasteiger partial charge in [0.05, 0.1) is 0 Å². The van der Waals surface area contributed by atoms with Crippen LogP contribution in [0.25, 0.3) is 0 Å². The van der Waals surface area contributed by atoms with Gasteiger partial charge in [-0.15, -0.1) is 0 Å². The Bertz CT molecular complexity index is 169. The van der Waals surface area contributed by atoms with Crippen molar-refractivity contribution in [3.05, 3.63) is 0 Å². The molecule has 13 heavy (non-hydrogen) atoms. The van der Waals surface area contributed by atoms with Gasteiger partial charge < -0.3 is 0 Å². The summed E-state index contributed by atoms with van der Waals surface area (Å²) >= 11 is -0.0517. The zero-order valence-corrected chi connectivity index (χ0v) is 10.1. The number of ether oxygens (including phenoxy) is 1. The van der Waals surface area contributed by atoms with Crippen LogP contribution in [0.3, 0.4) is 0 Å². The first-order valence-electron chi connectivity index (χ1n) is 4.69. The second-order valence-electron chi connectivity index (χ2n) is 3.52. The summed E-state index contributed by atoms with van der Waals surface area (Å²) in [7, 11) is 0. The molecule has 1 aliphatic carbocycles. The Hall–Kier alpha value is 0.160. The van der Waals surface area contributed by atoms with Crippen molar-refractivity contribution in [3.8, 4) is 0 Å². The summed E-state index contributed by atoms with van der Waals surface area (Å²) in [6.07, 6.45) is 3.00. The molecule has 1 aliphatic rings. The van der Waals surface area contributed by atoms with E-state index in [1.165, 1.54) is 17.3 Å². The Labute approximate surface area is 90.0 Å². The molecule has 0 radical (unpaired) electrons. The molecule has 0 aromatic heterocycles. The molecule has 3 nitrogen and oxygen atoms in total. The van der Waals surface area contributed by atoms with Gasteiger partial charge in [0, 0.05) is 0 Å². The quantitative estimate of drug-likeness (QED) is 0.275. The Balaban J connectivity index is 2.04. The molecule has 2 N–H and O–H groups in total. The number of nitrogens with two attached hydrogens (primary N) is 1. The molecule has 0 atom stereocenters. The van der Waals surface area contributed by atoms with Crippen molar-refractivity contribution in [2.75, 3.05) is 11.0 Å². The fourth-order valence-corrected chi connectivity index (χ4v) is 3.19. The second kappa shape index (κ2) is 5.80. The van der Waals surface area contributed by atoms with Crippen molar-refractivity contribution >= 4 is 5.97 Å². The van der Waals surface area contributed by atoms with E-state index in [2.05, 4.69) is 0 Å². The third kappa shape index (κ3) is 3.81. The van der Waals surface area contributed by atoms with E-state index in [-0.39, 0.29) is 27.4 Å². The van der Waals surface area contributed by atoms with E-state index in [4.69, 9.17) is 8.68 Å². The van der Waals surface area contributed by atoms with Crippen LogP contribution < -0.4 is 25.4 Å². The molecule has 4 heteroatoms. The zero-order chi connectivity index (χ0) is 9.68. The van der Waals surface area contributed by atoms with Crippen molar-refractivity contribution in [1.29, 1.82) is 0 Å². The maximum absolute atomic E-state index is 11.1. The average molecular weight is 298 g/mol. The number of carbonyl (C=O) groups is 1. The predicted molar refractivity (Wildman–Crippen MR) is 46.5 cm³/mol. The van der Waals surface area contributed by atoms with Crippen LogP contribution in [-0.4, -0.2) is 17.0 Å². The summed E-state index contributed by atoms with van der Waals surface area (Å²) in [5, 5.41) is 0. The molecule has 1 rings (SSSR count). The van der Waals surface area contributed by atoms with E-state index >= 15 is 0 Å². The monoisotopic (exact) mass is 298 g/mol. The SMILES string of the molecule is CCOC(=O)CC1CC(C[I-]N)C1. The topological polar surface area (TPSA) is 52.3 Å². The number of carbonyl (C=O) groups excluding carboxylic acids is 1. The average Bonchev–Trinajstić information content (AvgIpc) is 2.01. The van der Waals surface area contributed by atoms with Crippen molar-refractivity contribution in [1.82, 2.24) is 0 Å². The number of hydrogen-bond acceptors (Lipinski definition) is 3. The number of esters is 1. The van der Waals surface area contributed by atoms with Crippen LogP contribution in [-0.2, 0) is 9.53 Å². The van der Waals surface area contributed by atoms with Gasteiger partial charge in [0.25, 0.3) is 0 Å². The van der Waals surface area contributed by atoms with Crippen LogP contribution in [0.15, 0.2) is 0 Å². The maximum atomic E-state index is 11.1. The third-order valence-electron chi connectivity index (χ3n) is 2.40. The predicted octanol–water partition coefficient (Wildman–Crippen LogP) is -2.07. The molecule has 0 spiro atoms. The molecule has 0 bridgehead atoms. The number of alkyl halides is 1. The zero-order valence-electron chi connectivity index (χ0n) is 7.96. The number of hydrogen-bond donors (Lipinski definition) is 1. The van der Waals surface area contributed by atoms with Crippen LogP contribution in [0.2, 0.25) is 0 Å². The summed E-state index contributed by atoms with van der Waals surface area (Å²) in [5.74, 6) is 1.37. The first-order chi connectivity index (χ1) is 6.26.